The zero-order valence-corrected chi connectivity index (χ0v) is 25.7. The zero-order chi connectivity index (χ0) is 30.6. The highest BCUT2D eigenvalue weighted by Crippen LogP contribution is 2.54. The van der Waals surface area contributed by atoms with Crippen molar-refractivity contribution in [2.45, 2.75) is 55.8 Å². The van der Waals surface area contributed by atoms with E-state index in [9.17, 15) is 23.6 Å². The maximum atomic E-state index is 14.0. The van der Waals surface area contributed by atoms with E-state index in [2.05, 4.69) is 26.1 Å². The largest absolute Gasteiger partial charge is 0.325 e. The van der Waals surface area contributed by atoms with Gasteiger partial charge in [0, 0.05) is 16.5 Å². The number of nitrogens with zero attached hydrogens (tertiary/aromatic N) is 2. The molecule has 0 spiro atoms. The van der Waals surface area contributed by atoms with Gasteiger partial charge in [0.15, 0.2) is 0 Å². The van der Waals surface area contributed by atoms with Crippen LogP contribution >= 0.6 is 23.1 Å². The molecular formula is C33H30FN3O4S2. The number of anilines is 2. The summed E-state index contributed by atoms with van der Waals surface area (Å²) in [5, 5.41) is 2.53. The molecule has 7 nitrogen and oxygen atoms in total. The molecule has 4 aromatic rings. The first kappa shape index (κ1) is 29.1. The van der Waals surface area contributed by atoms with Crippen molar-refractivity contribution >= 4 is 52.2 Å². The molecule has 3 heterocycles. The Labute approximate surface area is 256 Å². The normalized spacial score (nSPS) is 19.7. The first-order valence-electron chi connectivity index (χ1n) is 13.9. The molecule has 1 N–H and O–H groups in total. The van der Waals surface area contributed by atoms with E-state index in [0.717, 1.165) is 44.7 Å². The standard InChI is InChI=1S/C33H30FN3O4S2/c1-18-5-13-22(14-6-18)35-24(38)17-36-31-28(43-32(36)41)25(19-7-9-20(10-8-19)33(2,3)4)26-27(42-31)30(40)37(29(26)39)23-15-11-21(34)12-16-23/h5-16,25-27H,17H2,1-4H3,(H,35,38)/t25-,26?,27?/m1/s1. The van der Waals surface area contributed by atoms with Gasteiger partial charge in [-0.25, -0.2) is 9.29 Å². The Morgan fingerprint density at radius 2 is 1.56 bits per heavy atom. The van der Waals surface area contributed by atoms with Gasteiger partial charge in [-0.1, -0.05) is 85.8 Å². The fourth-order valence-electron chi connectivity index (χ4n) is 5.63. The van der Waals surface area contributed by atoms with Crippen LogP contribution in [-0.2, 0) is 26.3 Å². The zero-order valence-electron chi connectivity index (χ0n) is 24.1. The van der Waals surface area contributed by atoms with E-state index in [4.69, 9.17) is 0 Å². The van der Waals surface area contributed by atoms with E-state index in [1.807, 2.05) is 43.3 Å². The number of imide groups is 1. The minimum Gasteiger partial charge on any atom is -0.325 e. The van der Waals surface area contributed by atoms with E-state index in [0.29, 0.717) is 21.3 Å². The number of benzene rings is 3. The Hall–Kier alpha value is -4.02. The first-order valence-corrected chi connectivity index (χ1v) is 15.6. The van der Waals surface area contributed by atoms with E-state index >= 15 is 0 Å². The minimum atomic E-state index is -0.822. The number of fused-ring (bicyclic) bond motifs is 2. The molecule has 3 aromatic carbocycles. The first-order chi connectivity index (χ1) is 20.4. The lowest BCUT2D eigenvalue weighted by Crippen LogP contribution is -2.33. The average Bonchev–Trinajstić information content (AvgIpc) is 3.40. The number of carbonyl (C=O) groups is 3. The number of rotatable bonds is 5. The van der Waals surface area contributed by atoms with Crippen LogP contribution in [0.3, 0.4) is 0 Å². The van der Waals surface area contributed by atoms with Crippen molar-refractivity contribution in [3.8, 4) is 0 Å². The van der Waals surface area contributed by atoms with E-state index in [1.54, 1.807) is 12.1 Å². The van der Waals surface area contributed by atoms with Gasteiger partial charge in [0.05, 0.1) is 16.6 Å². The molecular weight excluding hydrogens is 586 g/mol. The summed E-state index contributed by atoms with van der Waals surface area (Å²) < 4.78 is 15.1. The number of aromatic nitrogens is 1. The average molecular weight is 616 g/mol. The van der Waals surface area contributed by atoms with Gasteiger partial charge in [-0.15, -0.1) is 0 Å². The summed E-state index contributed by atoms with van der Waals surface area (Å²) in [6, 6.07) is 20.6. The second-order valence-corrected chi connectivity index (χ2v) is 14.1. The summed E-state index contributed by atoms with van der Waals surface area (Å²) in [7, 11) is 0. The maximum Gasteiger partial charge on any atom is 0.308 e. The molecule has 3 amide bonds. The lowest BCUT2D eigenvalue weighted by atomic mass is 9.81. The molecule has 3 atom stereocenters. The third-order valence-corrected chi connectivity index (χ3v) is 10.5. The van der Waals surface area contributed by atoms with Crippen molar-refractivity contribution in [2.75, 3.05) is 10.2 Å². The Morgan fingerprint density at radius 1 is 0.907 bits per heavy atom. The van der Waals surface area contributed by atoms with Gasteiger partial charge in [-0.2, -0.15) is 0 Å². The molecule has 1 aromatic heterocycles. The van der Waals surface area contributed by atoms with Crippen LogP contribution in [0.25, 0.3) is 0 Å². The van der Waals surface area contributed by atoms with Gasteiger partial charge < -0.3 is 5.32 Å². The van der Waals surface area contributed by atoms with Gasteiger partial charge in [-0.3, -0.25) is 23.7 Å². The molecule has 0 saturated carbocycles. The number of thiazole rings is 1. The van der Waals surface area contributed by atoms with Gasteiger partial charge in [0.25, 0.3) is 0 Å². The molecule has 0 bridgehead atoms. The Kier molecular flexibility index (Phi) is 7.38. The van der Waals surface area contributed by atoms with Crippen LogP contribution in [0.15, 0.2) is 82.6 Å². The molecule has 6 rings (SSSR count). The van der Waals surface area contributed by atoms with Crippen molar-refractivity contribution in [3.63, 3.8) is 0 Å². The number of thioether (sulfide) groups is 1. The van der Waals surface area contributed by atoms with Crippen LogP contribution in [0.1, 0.15) is 48.3 Å². The molecule has 220 valence electrons. The van der Waals surface area contributed by atoms with Crippen molar-refractivity contribution < 1.29 is 18.8 Å². The highest BCUT2D eigenvalue weighted by Gasteiger charge is 2.56. The van der Waals surface area contributed by atoms with Crippen LogP contribution < -0.4 is 15.1 Å². The number of carbonyl (C=O) groups excluding carboxylic acids is 3. The molecule has 10 heteroatoms. The fraction of sp³-hybridized carbons (Fsp3) is 0.273. The number of amides is 3. The molecule has 2 aliphatic rings. The Morgan fingerprint density at radius 3 is 2.19 bits per heavy atom. The molecule has 2 aliphatic heterocycles. The second kappa shape index (κ2) is 10.9. The fourth-order valence-corrected chi connectivity index (χ4v) is 8.40. The minimum absolute atomic E-state index is 0.0911. The van der Waals surface area contributed by atoms with Crippen LogP contribution in [0, 0.1) is 18.7 Å². The Bertz CT molecular complexity index is 1790. The van der Waals surface area contributed by atoms with Crippen LogP contribution in [-0.4, -0.2) is 27.5 Å². The number of nitrogens with one attached hydrogen (secondary N) is 1. The van der Waals surface area contributed by atoms with Crippen molar-refractivity contribution in [1.29, 1.82) is 0 Å². The molecule has 43 heavy (non-hydrogen) atoms. The van der Waals surface area contributed by atoms with Crippen molar-refractivity contribution in [3.05, 3.63) is 110 Å². The predicted molar refractivity (Wildman–Crippen MR) is 167 cm³/mol. The third-order valence-electron chi connectivity index (χ3n) is 7.91. The molecule has 0 aliphatic carbocycles. The van der Waals surface area contributed by atoms with Crippen LogP contribution in [0.2, 0.25) is 0 Å². The lowest BCUT2D eigenvalue weighted by molar-refractivity contribution is -0.122. The molecule has 1 saturated heterocycles. The number of aryl methyl sites for hydroxylation is 1. The van der Waals surface area contributed by atoms with Crippen LogP contribution in [0.4, 0.5) is 15.8 Å². The van der Waals surface area contributed by atoms with E-state index in [-0.39, 0.29) is 22.7 Å². The number of halogens is 1. The number of hydrogen-bond acceptors (Lipinski definition) is 6. The van der Waals surface area contributed by atoms with Gasteiger partial charge in [-0.05, 0) is 59.9 Å². The lowest BCUT2D eigenvalue weighted by Gasteiger charge is -2.31. The monoisotopic (exact) mass is 615 g/mol. The second-order valence-electron chi connectivity index (χ2n) is 11.9. The van der Waals surface area contributed by atoms with Crippen LogP contribution in [0.5, 0.6) is 0 Å². The number of hydrogen-bond donors (Lipinski definition) is 1. The van der Waals surface area contributed by atoms with E-state index < -0.39 is 34.7 Å². The van der Waals surface area contributed by atoms with Gasteiger partial charge in [0.1, 0.15) is 17.6 Å². The summed E-state index contributed by atoms with van der Waals surface area (Å²) in [6.07, 6.45) is 0. The van der Waals surface area contributed by atoms with Crippen molar-refractivity contribution in [2.24, 2.45) is 5.92 Å². The third kappa shape index (κ3) is 5.34. The van der Waals surface area contributed by atoms with Crippen molar-refractivity contribution in [1.82, 2.24) is 4.57 Å². The highest BCUT2D eigenvalue weighted by atomic mass is 32.2. The summed E-state index contributed by atoms with van der Waals surface area (Å²) in [5.41, 5.74) is 3.79. The summed E-state index contributed by atoms with van der Waals surface area (Å²) in [4.78, 5) is 55.7. The quantitative estimate of drug-likeness (QED) is 0.275. The summed E-state index contributed by atoms with van der Waals surface area (Å²) >= 11 is 2.16. The molecule has 1 fully saturated rings. The SMILES string of the molecule is Cc1ccc(NC(=O)Cn2c3c(sc2=O)[C@H](c2ccc(C(C)(C)C)cc2)C2C(=O)N(c4ccc(F)cc4)C(=O)C2S3)cc1. The maximum absolute atomic E-state index is 14.0. The molecule has 0 radical (unpaired) electrons. The topological polar surface area (TPSA) is 88.5 Å². The highest BCUT2D eigenvalue weighted by molar-refractivity contribution is 8.00. The summed E-state index contributed by atoms with van der Waals surface area (Å²) in [5.74, 6) is -3.01. The molecule has 2 unspecified atom stereocenters. The smallest absolute Gasteiger partial charge is 0.308 e. The summed E-state index contributed by atoms with van der Waals surface area (Å²) in [6.45, 7) is 8.05. The van der Waals surface area contributed by atoms with Gasteiger partial charge >= 0.3 is 4.87 Å². The Balaban J connectivity index is 1.41. The van der Waals surface area contributed by atoms with Gasteiger partial charge in [0.2, 0.25) is 17.7 Å². The van der Waals surface area contributed by atoms with E-state index in [1.165, 1.54) is 28.8 Å². The predicted octanol–water partition coefficient (Wildman–Crippen LogP) is 6.09.